The average Bonchev–Trinajstić information content (AvgIpc) is 3.61. The molecule has 3 fully saturated rings. The topological polar surface area (TPSA) is 74.2 Å². The van der Waals surface area contributed by atoms with Crippen molar-refractivity contribution in [3.05, 3.63) is 52.1 Å². The summed E-state index contributed by atoms with van der Waals surface area (Å²) in [6.07, 6.45) is 8.22. The van der Waals surface area contributed by atoms with E-state index in [1.807, 2.05) is 18.2 Å². The lowest BCUT2D eigenvalue weighted by Gasteiger charge is -2.31. The van der Waals surface area contributed by atoms with E-state index in [-0.39, 0.29) is 27.5 Å². The van der Waals surface area contributed by atoms with E-state index >= 15 is 0 Å². The van der Waals surface area contributed by atoms with E-state index in [1.165, 1.54) is 12.8 Å². The van der Waals surface area contributed by atoms with Gasteiger partial charge in [0.1, 0.15) is 0 Å². The van der Waals surface area contributed by atoms with Crippen LogP contribution in [0.3, 0.4) is 0 Å². The SMILES string of the molecule is O=C(c1cnc2ccc(-c3cc(Cl)c(O)c(Cl)c3)cc2c1NC1CC2CCC(C1)N2)C1CC1. The van der Waals surface area contributed by atoms with Gasteiger partial charge in [-0.3, -0.25) is 9.78 Å². The maximum absolute atomic E-state index is 13.2. The second-order valence-electron chi connectivity index (χ2n) is 9.66. The number of carbonyl (C=O) groups is 1. The van der Waals surface area contributed by atoms with Gasteiger partial charge in [0.2, 0.25) is 0 Å². The van der Waals surface area contributed by atoms with Crippen molar-refractivity contribution in [2.45, 2.75) is 56.7 Å². The fourth-order valence-electron chi connectivity index (χ4n) is 5.39. The Morgan fingerprint density at radius 1 is 1.00 bits per heavy atom. The largest absolute Gasteiger partial charge is 0.505 e. The third-order valence-electron chi connectivity index (χ3n) is 7.25. The number of piperidine rings is 1. The lowest BCUT2D eigenvalue weighted by molar-refractivity contribution is 0.0968. The van der Waals surface area contributed by atoms with Crippen molar-refractivity contribution >= 4 is 45.6 Å². The molecule has 1 aliphatic carbocycles. The minimum atomic E-state index is -0.121. The van der Waals surface area contributed by atoms with Crippen LogP contribution >= 0.6 is 23.2 Å². The molecule has 7 heteroatoms. The third kappa shape index (κ3) is 3.96. The Bertz CT molecular complexity index is 1240. The van der Waals surface area contributed by atoms with E-state index in [2.05, 4.69) is 15.6 Å². The maximum Gasteiger partial charge on any atom is 0.169 e. The fourth-order valence-corrected chi connectivity index (χ4v) is 5.88. The second-order valence-corrected chi connectivity index (χ2v) is 10.5. The molecule has 0 radical (unpaired) electrons. The summed E-state index contributed by atoms with van der Waals surface area (Å²) in [5.74, 6) is 0.182. The van der Waals surface area contributed by atoms with Gasteiger partial charge in [-0.2, -0.15) is 0 Å². The van der Waals surface area contributed by atoms with Crippen LogP contribution in [0, 0.1) is 5.92 Å². The van der Waals surface area contributed by atoms with Gasteiger partial charge in [0.15, 0.2) is 11.5 Å². The number of ketones is 1. The number of pyridine rings is 1. The number of Topliss-reactive ketones (excluding diaryl/α,β-unsaturated/α-hetero) is 1. The van der Waals surface area contributed by atoms with E-state index in [1.54, 1.807) is 18.3 Å². The van der Waals surface area contributed by atoms with Crippen molar-refractivity contribution in [2.24, 2.45) is 5.92 Å². The monoisotopic (exact) mass is 481 g/mol. The number of halogens is 2. The number of benzene rings is 2. The van der Waals surface area contributed by atoms with Crippen molar-refractivity contribution in [3.63, 3.8) is 0 Å². The molecule has 0 spiro atoms. The predicted octanol–water partition coefficient (Wildman–Crippen LogP) is 6.20. The van der Waals surface area contributed by atoms with Gasteiger partial charge in [-0.15, -0.1) is 0 Å². The summed E-state index contributed by atoms with van der Waals surface area (Å²) in [5, 5.41) is 18.7. The fraction of sp³-hybridized carbons (Fsp3) is 0.385. The summed E-state index contributed by atoms with van der Waals surface area (Å²) in [6.45, 7) is 0. The van der Waals surface area contributed by atoms with Crippen LogP contribution in [0.1, 0.15) is 48.9 Å². The highest BCUT2D eigenvalue weighted by molar-refractivity contribution is 6.37. The van der Waals surface area contributed by atoms with Gasteiger partial charge < -0.3 is 15.7 Å². The van der Waals surface area contributed by atoms with Gasteiger partial charge in [0.25, 0.3) is 0 Å². The van der Waals surface area contributed by atoms with Gasteiger partial charge in [0, 0.05) is 35.6 Å². The average molecular weight is 482 g/mol. The first-order valence-corrected chi connectivity index (χ1v) is 12.4. The molecule has 2 aliphatic heterocycles. The summed E-state index contributed by atoms with van der Waals surface area (Å²) in [6, 6.07) is 10.8. The summed E-state index contributed by atoms with van der Waals surface area (Å²) in [7, 11) is 0. The zero-order chi connectivity index (χ0) is 22.7. The number of hydrogen-bond acceptors (Lipinski definition) is 5. The molecule has 2 unspecified atom stereocenters. The number of nitrogens with zero attached hydrogens (tertiary/aromatic N) is 1. The molecule has 1 saturated carbocycles. The molecule has 3 N–H and O–H groups in total. The summed E-state index contributed by atoms with van der Waals surface area (Å²) in [5.41, 5.74) is 4.12. The Morgan fingerprint density at radius 2 is 1.70 bits per heavy atom. The van der Waals surface area contributed by atoms with Crippen LogP contribution in [0.2, 0.25) is 10.0 Å². The highest BCUT2D eigenvalue weighted by Gasteiger charge is 2.36. The smallest absolute Gasteiger partial charge is 0.169 e. The number of rotatable bonds is 5. The van der Waals surface area contributed by atoms with E-state index in [0.717, 1.165) is 53.4 Å². The molecule has 3 aliphatic rings. The van der Waals surface area contributed by atoms with Crippen LogP contribution in [0.5, 0.6) is 5.75 Å². The first-order chi connectivity index (χ1) is 16.0. The number of nitrogens with one attached hydrogen (secondary N) is 2. The highest BCUT2D eigenvalue weighted by Crippen LogP contribution is 2.41. The van der Waals surface area contributed by atoms with Crippen molar-refractivity contribution in [1.82, 2.24) is 10.3 Å². The second kappa shape index (κ2) is 8.15. The zero-order valence-electron chi connectivity index (χ0n) is 18.1. The van der Waals surface area contributed by atoms with Crippen LogP contribution in [0.25, 0.3) is 22.0 Å². The lowest BCUT2D eigenvalue weighted by atomic mass is 9.96. The van der Waals surface area contributed by atoms with Gasteiger partial charge in [-0.1, -0.05) is 29.3 Å². The summed E-state index contributed by atoms with van der Waals surface area (Å²) in [4.78, 5) is 17.8. The molecular weight excluding hydrogens is 457 g/mol. The molecule has 1 aromatic heterocycles. The quantitative estimate of drug-likeness (QED) is 0.378. The molecular formula is C26H25Cl2N3O2. The lowest BCUT2D eigenvalue weighted by Crippen LogP contribution is -2.43. The van der Waals surface area contributed by atoms with Crippen molar-refractivity contribution in [1.29, 1.82) is 0 Å². The molecule has 2 atom stereocenters. The van der Waals surface area contributed by atoms with Gasteiger partial charge in [-0.05, 0) is 73.9 Å². The molecule has 2 aromatic carbocycles. The van der Waals surface area contributed by atoms with Gasteiger partial charge >= 0.3 is 0 Å². The van der Waals surface area contributed by atoms with Crippen molar-refractivity contribution in [2.75, 3.05) is 5.32 Å². The summed E-state index contributed by atoms with van der Waals surface area (Å²) >= 11 is 12.4. The Morgan fingerprint density at radius 3 is 2.36 bits per heavy atom. The van der Waals surface area contributed by atoms with Crippen molar-refractivity contribution in [3.8, 4) is 16.9 Å². The van der Waals surface area contributed by atoms with Crippen LogP contribution < -0.4 is 10.6 Å². The predicted molar refractivity (Wildman–Crippen MR) is 133 cm³/mol. The number of phenolic OH excluding ortho intramolecular Hbond substituents is 1. The Labute approximate surface area is 202 Å². The Hall–Kier alpha value is -2.34. The first kappa shape index (κ1) is 21.2. The normalized spacial score (nSPS) is 24.2. The Balaban J connectivity index is 1.46. The molecule has 0 amide bonds. The minimum absolute atomic E-state index is 0.117. The van der Waals surface area contributed by atoms with E-state index < -0.39 is 0 Å². The number of aromatic nitrogens is 1. The van der Waals surface area contributed by atoms with Gasteiger partial charge in [-0.25, -0.2) is 0 Å². The number of aromatic hydroxyl groups is 1. The standard InChI is InChI=1S/C26H25Cl2N3O2/c27-21-8-15(9-22(28)26(21)33)14-3-6-23-19(7-14)24(20(12-29-23)25(32)13-1-2-13)31-18-10-16-4-5-17(11-18)30-16/h3,6-9,12-13,16-18,30,33H,1-2,4-5,10-11H2,(H,29,31). The molecule has 170 valence electrons. The highest BCUT2D eigenvalue weighted by atomic mass is 35.5. The van der Waals surface area contributed by atoms with Crippen LogP contribution in [-0.4, -0.2) is 34.0 Å². The number of fused-ring (bicyclic) bond motifs is 3. The van der Waals surface area contributed by atoms with E-state index in [9.17, 15) is 9.90 Å². The maximum atomic E-state index is 13.2. The molecule has 2 bridgehead atoms. The summed E-state index contributed by atoms with van der Waals surface area (Å²) < 4.78 is 0. The molecule has 3 heterocycles. The molecule has 2 saturated heterocycles. The number of phenols is 1. The van der Waals surface area contributed by atoms with Gasteiger partial charge in [0.05, 0.1) is 26.8 Å². The minimum Gasteiger partial charge on any atom is -0.505 e. The number of carbonyl (C=O) groups excluding carboxylic acids is 1. The van der Waals surface area contributed by atoms with E-state index in [0.29, 0.717) is 23.7 Å². The molecule has 3 aromatic rings. The zero-order valence-corrected chi connectivity index (χ0v) is 19.6. The van der Waals surface area contributed by atoms with E-state index in [4.69, 9.17) is 23.2 Å². The third-order valence-corrected chi connectivity index (χ3v) is 7.83. The van der Waals surface area contributed by atoms with Crippen LogP contribution in [0.15, 0.2) is 36.5 Å². The van der Waals surface area contributed by atoms with Crippen LogP contribution in [0.4, 0.5) is 5.69 Å². The number of anilines is 1. The Kier molecular flexibility index (Phi) is 5.24. The van der Waals surface area contributed by atoms with Crippen molar-refractivity contribution < 1.29 is 9.90 Å². The molecule has 5 nitrogen and oxygen atoms in total. The molecule has 6 rings (SSSR count). The number of hydrogen-bond donors (Lipinski definition) is 3. The van der Waals surface area contributed by atoms with Crippen LogP contribution in [-0.2, 0) is 0 Å². The molecule has 33 heavy (non-hydrogen) atoms. The first-order valence-electron chi connectivity index (χ1n) is 11.6.